The molecule has 0 unspecified atom stereocenters. The summed E-state index contributed by atoms with van der Waals surface area (Å²) in [6, 6.07) is 15.6. The van der Waals surface area contributed by atoms with Gasteiger partial charge in [0.15, 0.2) is 14.8 Å². The molecule has 0 saturated heterocycles. The highest BCUT2D eigenvalue weighted by molar-refractivity contribution is 7.98. The Labute approximate surface area is 173 Å². The minimum Gasteiger partial charge on any atom is -0.300 e. The summed E-state index contributed by atoms with van der Waals surface area (Å²) in [5.74, 6) is 0.724. The Hall–Kier alpha value is -1.93. The van der Waals surface area contributed by atoms with Crippen molar-refractivity contribution in [1.29, 1.82) is 0 Å². The first kappa shape index (κ1) is 18.4. The van der Waals surface area contributed by atoms with Crippen molar-refractivity contribution in [3.63, 3.8) is 0 Å². The Morgan fingerprint density at radius 1 is 1.26 bits per heavy atom. The van der Waals surface area contributed by atoms with Crippen LogP contribution in [0.3, 0.4) is 0 Å². The molecule has 0 saturated carbocycles. The number of aryl methyl sites for hydroxylation is 1. The van der Waals surface area contributed by atoms with Crippen molar-refractivity contribution in [3.8, 4) is 5.69 Å². The molecule has 0 radical (unpaired) electrons. The number of nitrogens with one attached hydrogen (secondary N) is 1. The third-order valence-electron chi connectivity index (χ3n) is 3.96. The van der Waals surface area contributed by atoms with Gasteiger partial charge in [0.25, 0.3) is 5.56 Å². The van der Waals surface area contributed by atoms with Gasteiger partial charge in [-0.05, 0) is 49.0 Å². The molecule has 4 nitrogen and oxygen atoms in total. The van der Waals surface area contributed by atoms with E-state index in [1.54, 1.807) is 12.1 Å². The van der Waals surface area contributed by atoms with E-state index in [9.17, 15) is 4.79 Å². The number of halogens is 1. The van der Waals surface area contributed by atoms with E-state index in [1.807, 2.05) is 22.8 Å². The van der Waals surface area contributed by atoms with Gasteiger partial charge in [-0.3, -0.25) is 9.36 Å². The minimum atomic E-state index is -0.171. The Bertz CT molecular complexity index is 1240. The van der Waals surface area contributed by atoms with E-state index in [2.05, 4.69) is 35.1 Å². The number of fused-ring (bicyclic) bond motifs is 1. The molecule has 8 heteroatoms. The van der Waals surface area contributed by atoms with Crippen LogP contribution in [0.25, 0.3) is 16.0 Å². The van der Waals surface area contributed by atoms with E-state index in [0.717, 1.165) is 11.4 Å². The topological polar surface area (TPSA) is 50.7 Å². The van der Waals surface area contributed by atoms with Crippen LogP contribution in [-0.2, 0) is 5.75 Å². The SMILES string of the molecule is Cc1cccc(CSc2nc3c(sc(=S)n3-c3ccc(Cl)cc3)c(=O)[nH]2)c1. The van der Waals surface area contributed by atoms with Crippen molar-refractivity contribution in [2.75, 3.05) is 0 Å². The lowest BCUT2D eigenvalue weighted by molar-refractivity contribution is 0.943. The number of nitrogens with zero attached hydrogens (tertiary/aromatic N) is 2. The molecule has 4 rings (SSSR count). The van der Waals surface area contributed by atoms with Gasteiger partial charge in [0.1, 0.15) is 4.70 Å². The van der Waals surface area contributed by atoms with Crippen molar-refractivity contribution < 1.29 is 0 Å². The molecule has 136 valence electrons. The van der Waals surface area contributed by atoms with Crippen molar-refractivity contribution >= 4 is 57.3 Å². The molecule has 27 heavy (non-hydrogen) atoms. The normalized spacial score (nSPS) is 11.2. The summed E-state index contributed by atoms with van der Waals surface area (Å²) < 4.78 is 2.92. The summed E-state index contributed by atoms with van der Waals surface area (Å²) in [5.41, 5.74) is 3.63. The maximum atomic E-state index is 12.5. The fraction of sp³-hybridized carbons (Fsp3) is 0.105. The van der Waals surface area contributed by atoms with Crippen molar-refractivity contribution in [1.82, 2.24) is 14.5 Å². The zero-order valence-electron chi connectivity index (χ0n) is 14.2. The lowest BCUT2D eigenvalue weighted by Crippen LogP contribution is -2.09. The fourth-order valence-corrected chi connectivity index (χ4v) is 4.93. The van der Waals surface area contributed by atoms with Crippen LogP contribution in [0.5, 0.6) is 0 Å². The number of H-pyrrole nitrogens is 1. The predicted octanol–water partition coefficient (Wildman–Crippen LogP) is 5.76. The summed E-state index contributed by atoms with van der Waals surface area (Å²) in [4.78, 5) is 20.1. The maximum absolute atomic E-state index is 12.5. The molecule has 0 bridgehead atoms. The number of hydrogen-bond donors (Lipinski definition) is 1. The van der Waals surface area contributed by atoms with Gasteiger partial charge in [0.2, 0.25) is 0 Å². The average molecular weight is 432 g/mol. The number of aromatic amines is 1. The first-order chi connectivity index (χ1) is 13.0. The van der Waals surface area contributed by atoms with Crippen LogP contribution in [0.2, 0.25) is 5.02 Å². The average Bonchev–Trinajstić information content (AvgIpc) is 2.98. The van der Waals surface area contributed by atoms with Crippen LogP contribution in [0.4, 0.5) is 0 Å². The molecule has 4 aromatic rings. The number of hydrogen-bond acceptors (Lipinski definition) is 5. The second kappa shape index (κ2) is 7.59. The van der Waals surface area contributed by atoms with E-state index in [4.69, 9.17) is 23.8 Å². The quantitative estimate of drug-likeness (QED) is 0.253. The van der Waals surface area contributed by atoms with E-state index in [1.165, 1.54) is 34.2 Å². The Morgan fingerprint density at radius 3 is 2.78 bits per heavy atom. The van der Waals surface area contributed by atoms with Gasteiger partial charge in [-0.15, -0.1) is 0 Å². The number of rotatable bonds is 4. The number of aromatic nitrogens is 3. The molecule has 0 aliphatic rings. The van der Waals surface area contributed by atoms with E-state index in [0.29, 0.717) is 24.5 Å². The molecule has 0 spiro atoms. The van der Waals surface area contributed by atoms with Gasteiger partial charge in [-0.1, -0.05) is 64.5 Å². The standard InChI is InChI=1S/C19H14ClN3OS3/c1-11-3-2-4-12(9-11)10-26-18-21-16-15(17(24)22-18)27-19(25)23(16)14-7-5-13(20)6-8-14/h2-9H,10H2,1H3,(H,21,22,24). The Balaban J connectivity index is 1.75. The Morgan fingerprint density at radius 2 is 2.04 bits per heavy atom. The summed E-state index contributed by atoms with van der Waals surface area (Å²) in [6.45, 7) is 2.06. The third kappa shape index (κ3) is 3.87. The monoisotopic (exact) mass is 431 g/mol. The largest absolute Gasteiger partial charge is 0.300 e. The molecular formula is C19H14ClN3OS3. The highest BCUT2D eigenvalue weighted by Crippen LogP contribution is 2.26. The molecule has 0 aliphatic heterocycles. The Kier molecular flexibility index (Phi) is 5.19. The van der Waals surface area contributed by atoms with Crippen molar-refractivity contribution in [2.24, 2.45) is 0 Å². The van der Waals surface area contributed by atoms with Gasteiger partial charge in [0.05, 0.1) is 0 Å². The fourth-order valence-electron chi connectivity index (χ4n) is 2.73. The molecule has 2 aromatic carbocycles. The molecule has 0 amide bonds. The molecule has 1 N–H and O–H groups in total. The number of thiazole rings is 1. The second-order valence-corrected chi connectivity index (χ2v) is 9.03. The summed E-state index contributed by atoms with van der Waals surface area (Å²) in [7, 11) is 0. The zero-order chi connectivity index (χ0) is 19.0. The maximum Gasteiger partial charge on any atom is 0.271 e. The van der Waals surface area contributed by atoms with Crippen LogP contribution in [0.1, 0.15) is 11.1 Å². The van der Waals surface area contributed by atoms with Crippen molar-refractivity contribution in [2.45, 2.75) is 17.8 Å². The highest BCUT2D eigenvalue weighted by atomic mass is 35.5. The highest BCUT2D eigenvalue weighted by Gasteiger charge is 2.14. The molecule has 2 heterocycles. The van der Waals surface area contributed by atoms with Gasteiger partial charge >= 0.3 is 0 Å². The van der Waals surface area contributed by atoms with E-state index >= 15 is 0 Å². The zero-order valence-corrected chi connectivity index (χ0v) is 17.4. The molecule has 0 atom stereocenters. The minimum absolute atomic E-state index is 0.171. The van der Waals surface area contributed by atoms with Crippen LogP contribution >= 0.6 is 46.9 Å². The first-order valence-corrected chi connectivity index (χ1v) is 10.7. The molecular weight excluding hydrogens is 418 g/mol. The van der Waals surface area contributed by atoms with Crippen LogP contribution in [-0.4, -0.2) is 14.5 Å². The van der Waals surface area contributed by atoms with E-state index < -0.39 is 0 Å². The van der Waals surface area contributed by atoms with E-state index in [-0.39, 0.29) is 5.56 Å². The van der Waals surface area contributed by atoms with Crippen LogP contribution < -0.4 is 5.56 Å². The van der Waals surface area contributed by atoms with Crippen molar-refractivity contribution in [3.05, 3.63) is 79.0 Å². The summed E-state index contributed by atoms with van der Waals surface area (Å²) in [5, 5.41) is 1.22. The molecule has 0 fully saturated rings. The smallest absolute Gasteiger partial charge is 0.271 e. The van der Waals surface area contributed by atoms with Gasteiger partial charge in [-0.25, -0.2) is 4.98 Å². The number of thioether (sulfide) groups is 1. The van der Waals surface area contributed by atoms with Gasteiger partial charge in [0, 0.05) is 16.5 Å². The third-order valence-corrected chi connectivity index (χ3v) is 6.52. The summed E-state index contributed by atoms with van der Waals surface area (Å²) in [6.07, 6.45) is 0. The van der Waals surface area contributed by atoms with Gasteiger partial charge in [-0.2, -0.15) is 0 Å². The number of benzene rings is 2. The molecule has 2 aromatic heterocycles. The van der Waals surface area contributed by atoms with Gasteiger partial charge < -0.3 is 4.98 Å². The lowest BCUT2D eigenvalue weighted by Gasteiger charge is -2.06. The van der Waals surface area contributed by atoms with Crippen LogP contribution in [0, 0.1) is 10.9 Å². The first-order valence-electron chi connectivity index (χ1n) is 8.11. The van der Waals surface area contributed by atoms with Crippen LogP contribution in [0.15, 0.2) is 58.5 Å². The lowest BCUT2D eigenvalue weighted by atomic mass is 10.2. The second-order valence-electron chi connectivity index (χ2n) is 5.98. The summed E-state index contributed by atoms with van der Waals surface area (Å²) >= 11 is 14.2. The predicted molar refractivity (Wildman–Crippen MR) is 116 cm³/mol. The molecule has 0 aliphatic carbocycles.